The highest BCUT2D eigenvalue weighted by Crippen LogP contribution is 2.09. The Morgan fingerprint density at radius 3 is 2.53 bits per heavy atom. The van der Waals surface area contributed by atoms with Crippen molar-refractivity contribution < 1.29 is 4.74 Å². The largest absolute Gasteiger partial charge is 0.378 e. The molecule has 0 aromatic heterocycles. The molecule has 0 saturated carbocycles. The first-order valence-corrected chi connectivity index (χ1v) is 7.77. The van der Waals surface area contributed by atoms with E-state index in [0.717, 1.165) is 32.5 Å². The van der Waals surface area contributed by atoms with Crippen molar-refractivity contribution in [1.29, 1.82) is 0 Å². The molecule has 19 heavy (non-hydrogen) atoms. The van der Waals surface area contributed by atoms with Gasteiger partial charge in [-0.15, -0.1) is 0 Å². The molecule has 0 rings (SSSR count). The van der Waals surface area contributed by atoms with Crippen molar-refractivity contribution in [3.8, 4) is 0 Å². The highest BCUT2D eigenvalue weighted by atomic mass is 16.5. The summed E-state index contributed by atoms with van der Waals surface area (Å²) in [4.78, 5) is 4.33. The number of unbranched alkanes of at least 4 members (excludes halogenated alkanes) is 3. The molecule has 1 unspecified atom stereocenters. The van der Waals surface area contributed by atoms with Crippen LogP contribution < -0.4 is 11.1 Å². The maximum absolute atomic E-state index is 5.82. The molecule has 0 heterocycles. The predicted octanol–water partition coefficient (Wildman–Crippen LogP) is 2.92. The molecule has 0 aromatic carbocycles. The SMILES string of the molecule is CCCCCCN=C(N)NCCC(OCC)C(C)C. The summed E-state index contributed by atoms with van der Waals surface area (Å²) in [7, 11) is 0. The molecule has 0 radical (unpaired) electrons. The summed E-state index contributed by atoms with van der Waals surface area (Å²) < 4.78 is 5.69. The monoisotopic (exact) mass is 271 g/mol. The van der Waals surface area contributed by atoms with E-state index in [1.165, 1.54) is 19.3 Å². The number of nitrogens with two attached hydrogens (primary N) is 1. The number of hydrogen-bond donors (Lipinski definition) is 2. The molecule has 4 heteroatoms. The Kier molecular flexibility index (Phi) is 11.8. The number of ether oxygens (including phenoxy) is 1. The van der Waals surface area contributed by atoms with Gasteiger partial charge in [0.05, 0.1) is 6.10 Å². The third kappa shape index (κ3) is 10.8. The van der Waals surface area contributed by atoms with E-state index in [4.69, 9.17) is 10.5 Å². The lowest BCUT2D eigenvalue weighted by Crippen LogP contribution is -2.35. The zero-order chi connectivity index (χ0) is 14.5. The van der Waals surface area contributed by atoms with Gasteiger partial charge in [0.1, 0.15) is 0 Å². The van der Waals surface area contributed by atoms with Crippen LogP contribution in [0, 0.1) is 5.92 Å². The van der Waals surface area contributed by atoms with E-state index in [1.54, 1.807) is 0 Å². The zero-order valence-electron chi connectivity index (χ0n) is 13.2. The molecule has 0 saturated heterocycles. The number of aliphatic imine (C=N–C) groups is 1. The van der Waals surface area contributed by atoms with Crippen LogP contribution >= 0.6 is 0 Å². The van der Waals surface area contributed by atoms with E-state index in [9.17, 15) is 0 Å². The van der Waals surface area contributed by atoms with Crippen LogP contribution in [-0.2, 0) is 4.74 Å². The van der Waals surface area contributed by atoms with E-state index in [1.807, 2.05) is 6.92 Å². The third-order valence-corrected chi connectivity index (χ3v) is 3.15. The summed E-state index contributed by atoms with van der Waals surface area (Å²) in [5.41, 5.74) is 5.82. The van der Waals surface area contributed by atoms with Crippen molar-refractivity contribution in [3.05, 3.63) is 0 Å². The molecule has 0 bridgehead atoms. The van der Waals surface area contributed by atoms with Crippen LogP contribution in [-0.4, -0.2) is 31.8 Å². The standard InChI is InChI=1S/C15H33N3O/c1-5-7-8-9-11-17-15(16)18-12-10-14(13(3)4)19-6-2/h13-14H,5-12H2,1-4H3,(H3,16,17,18). The number of nitrogens with zero attached hydrogens (tertiary/aromatic N) is 1. The van der Waals surface area contributed by atoms with Crippen LogP contribution in [0.4, 0.5) is 0 Å². The zero-order valence-corrected chi connectivity index (χ0v) is 13.2. The van der Waals surface area contributed by atoms with Crippen LogP contribution in [0.25, 0.3) is 0 Å². The first-order valence-electron chi connectivity index (χ1n) is 7.77. The molecule has 0 fully saturated rings. The van der Waals surface area contributed by atoms with Crippen molar-refractivity contribution in [3.63, 3.8) is 0 Å². The third-order valence-electron chi connectivity index (χ3n) is 3.15. The summed E-state index contributed by atoms with van der Waals surface area (Å²) in [6.45, 7) is 11.0. The van der Waals surface area contributed by atoms with Crippen molar-refractivity contribution in [2.45, 2.75) is 65.9 Å². The van der Waals surface area contributed by atoms with Gasteiger partial charge in [0.15, 0.2) is 5.96 Å². The minimum Gasteiger partial charge on any atom is -0.378 e. The molecule has 4 nitrogen and oxygen atoms in total. The van der Waals surface area contributed by atoms with Crippen LogP contribution in [0.2, 0.25) is 0 Å². The lowest BCUT2D eigenvalue weighted by Gasteiger charge is -2.20. The first kappa shape index (κ1) is 18.2. The second kappa shape index (κ2) is 12.3. The van der Waals surface area contributed by atoms with Gasteiger partial charge in [0.2, 0.25) is 0 Å². The molecule has 0 aliphatic carbocycles. The number of nitrogens with one attached hydrogen (secondary N) is 1. The van der Waals surface area contributed by atoms with Crippen molar-refractivity contribution in [2.75, 3.05) is 19.7 Å². The van der Waals surface area contributed by atoms with Gasteiger partial charge in [-0.25, -0.2) is 0 Å². The van der Waals surface area contributed by atoms with E-state index in [0.29, 0.717) is 18.0 Å². The van der Waals surface area contributed by atoms with Gasteiger partial charge in [-0.05, 0) is 25.7 Å². The fourth-order valence-electron chi connectivity index (χ4n) is 1.96. The van der Waals surface area contributed by atoms with Crippen LogP contribution in [0.3, 0.4) is 0 Å². The van der Waals surface area contributed by atoms with Crippen LogP contribution in [0.15, 0.2) is 4.99 Å². The highest BCUT2D eigenvalue weighted by molar-refractivity contribution is 5.77. The summed E-state index contributed by atoms with van der Waals surface area (Å²) in [6.07, 6.45) is 6.18. The molecule has 0 spiro atoms. The Hall–Kier alpha value is -0.770. The second-order valence-corrected chi connectivity index (χ2v) is 5.28. The molecule has 1 atom stereocenters. The van der Waals surface area contributed by atoms with E-state index >= 15 is 0 Å². The number of guanidine groups is 1. The summed E-state index contributed by atoms with van der Waals surface area (Å²) >= 11 is 0. The van der Waals surface area contributed by atoms with Crippen molar-refractivity contribution >= 4 is 5.96 Å². The molecular formula is C15H33N3O. The van der Waals surface area contributed by atoms with E-state index < -0.39 is 0 Å². The topological polar surface area (TPSA) is 59.6 Å². The molecule has 0 aliphatic rings. The predicted molar refractivity (Wildman–Crippen MR) is 83.5 cm³/mol. The quantitative estimate of drug-likeness (QED) is 0.345. The fraction of sp³-hybridized carbons (Fsp3) is 0.933. The minimum absolute atomic E-state index is 0.301. The molecule has 0 aromatic rings. The average molecular weight is 271 g/mol. The molecule has 114 valence electrons. The number of hydrogen-bond acceptors (Lipinski definition) is 2. The van der Waals surface area contributed by atoms with Crippen molar-refractivity contribution in [1.82, 2.24) is 5.32 Å². The average Bonchev–Trinajstić information content (AvgIpc) is 2.37. The van der Waals surface area contributed by atoms with E-state index in [2.05, 4.69) is 31.1 Å². The van der Waals surface area contributed by atoms with Crippen molar-refractivity contribution in [2.24, 2.45) is 16.6 Å². The molecule has 0 amide bonds. The lowest BCUT2D eigenvalue weighted by atomic mass is 10.0. The smallest absolute Gasteiger partial charge is 0.188 e. The molecule has 0 aliphatic heterocycles. The van der Waals surface area contributed by atoms with Gasteiger partial charge in [-0.2, -0.15) is 0 Å². The molecular weight excluding hydrogens is 238 g/mol. The Labute approximate surface area is 119 Å². The van der Waals surface area contributed by atoms with E-state index in [-0.39, 0.29) is 0 Å². The summed E-state index contributed by atoms with van der Waals surface area (Å²) in [5.74, 6) is 1.10. The Morgan fingerprint density at radius 2 is 1.95 bits per heavy atom. The highest BCUT2D eigenvalue weighted by Gasteiger charge is 2.12. The summed E-state index contributed by atoms with van der Waals surface area (Å²) in [6, 6.07) is 0. The summed E-state index contributed by atoms with van der Waals surface area (Å²) in [5, 5.41) is 3.17. The van der Waals surface area contributed by atoms with Crippen LogP contribution in [0.1, 0.15) is 59.8 Å². The van der Waals surface area contributed by atoms with Gasteiger partial charge in [-0.1, -0.05) is 40.0 Å². The fourth-order valence-corrected chi connectivity index (χ4v) is 1.96. The van der Waals surface area contributed by atoms with Gasteiger partial charge in [0, 0.05) is 19.7 Å². The normalized spacial score (nSPS) is 13.8. The Bertz CT molecular complexity index is 229. The Morgan fingerprint density at radius 1 is 1.21 bits per heavy atom. The Balaban J connectivity index is 3.70. The van der Waals surface area contributed by atoms with Crippen LogP contribution in [0.5, 0.6) is 0 Å². The number of rotatable bonds is 11. The van der Waals surface area contributed by atoms with Gasteiger partial charge < -0.3 is 15.8 Å². The van der Waals surface area contributed by atoms with Gasteiger partial charge in [-0.3, -0.25) is 4.99 Å². The first-order chi connectivity index (χ1) is 9.11. The second-order valence-electron chi connectivity index (χ2n) is 5.28. The van der Waals surface area contributed by atoms with Gasteiger partial charge in [0.25, 0.3) is 0 Å². The maximum atomic E-state index is 5.82. The molecule has 3 N–H and O–H groups in total. The van der Waals surface area contributed by atoms with Gasteiger partial charge >= 0.3 is 0 Å². The minimum atomic E-state index is 0.301. The maximum Gasteiger partial charge on any atom is 0.188 e. The lowest BCUT2D eigenvalue weighted by molar-refractivity contribution is 0.0258.